The van der Waals surface area contributed by atoms with E-state index < -0.39 is 12.1 Å². The minimum Gasteiger partial charge on any atom is -0.343 e. The molecule has 2 N–H and O–H groups in total. The fraction of sp³-hybridized carbons (Fsp3) is 0.933. The van der Waals surface area contributed by atoms with Gasteiger partial charge in [0.2, 0.25) is 5.91 Å². The van der Waals surface area contributed by atoms with Gasteiger partial charge in [-0.1, -0.05) is 19.8 Å². The standard InChI is InChI=1S/C15H27F3N2O/c1-2-3-12(6-9-19)4-5-14(21)20-10-7-13(8-11-20)15(16,17)18/h12-13H,2-11,19H2,1H3. The van der Waals surface area contributed by atoms with Crippen LogP contribution in [-0.2, 0) is 4.79 Å². The minimum atomic E-state index is -4.12. The van der Waals surface area contributed by atoms with Crippen LogP contribution >= 0.6 is 0 Å². The summed E-state index contributed by atoms with van der Waals surface area (Å²) in [5, 5.41) is 0. The van der Waals surface area contributed by atoms with Crippen molar-refractivity contribution in [3.63, 3.8) is 0 Å². The first kappa shape index (κ1) is 18.3. The molecule has 1 aliphatic rings. The van der Waals surface area contributed by atoms with Crippen LogP contribution in [0.1, 0.15) is 51.9 Å². The van der Waals surface area contributed by atoms with Crippen LogP contribution in [0, 0.1) is 11.8 Å². The maximum atomic E-state index is 12.6. The lowest BCUT2D eigenvalue weighted by Gasteiger charge is -2.33. The molecule has 0 spiro atoms. The number of carbonyl (C=O) groups excluding carboxylic acids is 1. The van der Waals surface area contributed by atoms with E-state index in [1.54, 1.807) is 4.90 Å². The molecule has 0 bridgehead atoms. The molecule has 0 radical (unpaired) electrons. The third-order valence-electron chi connectivity index (χ3n) is 4.35. The Morgan fingerprint density at radius 3 is 2.33 bits per heavy atom. The average molecular weight is 308 g/mol. The largest absolute Gasteiger partial charge is 0.391 e. The van der Waals surface area contributed by atoms with Gasteiger partial charge in [0, 0.05) is 19.5 Å². The number of hydrogen-bond acceptors (Lipinski definition) is 2. The SMILES string of the molecule is CCCC(CCN)CCC(=O)N1CCC(C(F)(F)F)CC1. The number of piperidine rings is 1. The van der Waals surface area contributed by atoms with Gasteiger partial charge in [-0.25, -0.2) is 0 Å². The molecule has 1 atom stereocenters. The van der Waals surface area contributed by atoms with Gasteiger partial charge in [-0.15, -0.1) is 0 Å². The number of alkyl halides is 3. The lowest BCUT2D eigenvalue weighted by molar-refractivity contribution is -0.186. The zero-order chi connectivity index (χ0) is 15.9. The second-order valence-electron chi connectivity index (χ2n) is 5.97. The Bertz CT molecular complexity index is 307. The van der Waals surface area contributed by atoms with Gasteiger partial charge in [-0.3, -0.25) is 4.79 Å². The van der Waals surface area contributed by atoms with Crippen molar-refractivity contribution in [2.75, 3.05) is 19.6 Å². The molecule has 1 fully saturated rings. The van der Waals surface area contributed by atoms with Gasteiger partial charge in [0.15, 0.2) is 0 Å². The zero-order valence-corrected chi connectivity index (χ0v) is 12.8. The molecule has 0 saturated carbocycles. The van der Waals surface area contributed by atoms with Crippen molar-refractivity contribution in [2.24, 2.45) is 17.6 Å². The van der Waals surface area contributed by atoms with E-state index in [-0.39, 0.29) is 31.8 Å². The van der Waals surface area contributed by atoms with Gasteiger partial charge < -0.3 is 10.6 Å². The maximum absolute atomic E-state index is 12.6. The molecule has 0 aliphatic carbocycles. The summed E-state index contributed by atoms with van der Waals surface area (Å²) in [6, 6.07) is 0. The van der Waals surface area contributed by atoms with Crippen LogP contribution in [0.4, 0.5) is 13.2 Å². The van der Waals surface area contributed by atoms with Crippen LogP contribution in [0.25, 0.3) is 0 Å². The summed E-state index contributed by atoms with van der Waals surface area (Å²) < 4.78 is 37.7. The van der Waals surface area contributed by atoms with E-state index in [1.807, 2.05) is 0 Å². The number of nitrogens with two attached hydrogens (primary N) is 1. The molecule has 124 valence electrons. The van der Waals surface area contributed by atoms with Crippen LogP contribution in [-0.4, -0.2) is 36.6 Å². The number of halogens is 3. The molecule has 1 saturated heterocycles. The molecule has 0 aromatic rings. The van der Waals surface area contributed by atoms with Crippen molar-refractivity contribution in [3.05, 3.63) is 0 Å². The Hall–Kier alpha value is -0.780. The second kappa shape index (κ2) is 8.61. The summed E-state index contributed by atoms with van der Waals surface area (Å²) in [6.45, 7) is 3.19. The first-order valence-electron chi connectivity index (χ1n) is 7.93. The fourth-order valence-corrected chi connectivity index (χ4v) is 3.02. The zero-order valence-electron chi connectivity index (χ0n) is 12.8. The molecular weight excluding hydrogens is 281 g/mol. The van der Waals surface area contributed by atoms with Crippen molar-refractivity contribution in [2.45, 2.75) is 58.0 Å². The molecule has 6 heteroatoms. The summed E-state index contributed by atoms with van der Waals surface area (Å²) in [6.07, 6.45) is 0.216. The predicted octanol–water partition coefficient (Wildman–Crippen LogP) is 3.33. The summed E-state index contributed by atoms with van der Waals surface area (Å²) in [4.78, 5) is 13.7. The highest BCUT2D eigenvalue weighted by Crippen LogP contribution is 2.34. The third-order valence-corrected chi connectivity index (χ3v) is 4.35. The van der Waals surface area contributed by atoms with E-state index in [9.17, 15) is 18.0 Å². The van der Waals surface area contributed by atoms with Crippen LogP contribution in [0.15, 0.2) is 0 Å². The lowest BCUT2D eigenvalue weighted by Crippen LogP contribution is -2.42. The Kier molecular flexibility index (Phi) is 7.49. The Labute approximate surface area is 125 Å². The highest BCUT2D eigenvalue weighted by molar-refractivity contribution is 5.76. The molecular formula is C15H27F3N2O. The van der Waals surface area contributed by atoms with Gasteiger partial charge in [0.1, 0.15) is 0 Å². The minimum absolute atomic E-state index is 0.00579. The quantitative estimate of drug-likeness (QED) is 0.784. The van der Waals surface area contributed by atoms with E-state index in [4.69, 9.17) is 5.73 Å². The average Bonchev–Trinajstić information content (AvgIpc) is 2.44. The second-order valence-corrected chi connectivity index (χ2v) is 5.97. The molecule has 1 amide bonds. The predicted molar refractivity (Wildman–Crippen MR) is 76.7 cm³/mol. The molecule has 1 heterocycles. The summed E-state index contributed by atoms with van der Waals surface area (Å²) in [5.74, 6) is -0.794. The Morgan fingerprint density at radius 1 is 1.24 bits per heavy atom. The summed E-state index contributed by atoms with van der Waals surface area (Å²) in [7, 11) is 0. The molecule has 21 heavy (non-hydrogen) atoms. The Morgan fingerprint density at radius 2 is 1.86 bits per heavy atom. The van der Waals surface area contributed by atoms with E-state index in [0.717, 1.165) is 25.7 Å². The number of carbonyl (C=O) groups is 1. The molecule has 1 unspecified atom stereocenters. The highest BCUT2D eigenvalue weighted by atomic mass is 19.4. The van der Waals surface area contributed by atoms with Crippen molar-refractivity contribution < 1.29 is 18.0 Å². The van der Waals surface area contributed by atoms with Crippen LogP contribution in [0.3, 0.4) is 0 Å². The number of rotatable bonds is 7. The smallest absolute Gasteiger partial charge is 0.343 e. The van der Waals surface area contributed by atoms with Gasteiger partial charge >= 0.3 is 6.18 Å². The van der Waals surface area contributed by atoms with E-state index in [2.05, 4.69) is 6.92 Å². The van der Waals surface area contributed by atoms with Crippen molar-refractivity contribution in [3.8, 4) is 0 Å². The number of hydrogen-bond donors (Lipinski definition) is 1. The number of nitrogens with zero attached hydrogens (tertiary/aromatic N) is 1. The van der Waals surface area contributed by atoms with Gasteiger partial charge in [-0.05, 0) is 38.1 Å². The summed E-state index contributed by atoms with van der Waals surface area (Å²) >= 11 is 0. The topological polar surface area (TPSA) is 46.3 Å². The van der Waals surface area contributed by atoms with Gasteiger partial charge in [0.05, 0.1) is 5.92 Å². The monoisotopic (exact) mass is 308 g/mol. The van der Waals surface area contributed by atoms with Crippen LogP contribution in [0.5, 0.6) is 0 Å². The molecule has 1 aliphatic heterocycles. The van der Waals surface area contributed by atoms with E-state index >= 15 is 0 Å². The van der Waals surface area contributed by atoms with E-state index in [0.29, 0.717) is 18.9 Å². The van der Waals surface area contributed by atoms with Gasteiger partial charge in [-0.2, -0.15) is 13.2 Å². The van der Waals surface area contributed by atoms with Crippen LogP contribution in [0.2, 0.25) is 0 Å². The van der Waals surface area contributed by atoms with Crippen molar-refractivity contribution >= 4 is 5.91 Å². The first-order chi connectivity index (χ1) is 9.88. The highest BCUT2D eigenvalue weighted by Gasteiger charge is 2.41. The molecule has 3 nitrogen and oxygen atoms in total. The van der Waals surface area contributed by atoms with Crippen molar-refractivity contribution in [1.29, 1.82) is 0 Å². The normalized spacial score (nSPS) is 18.8. The Balaban J connectivity index is 2.33. The summed E-state index contributed by atoms with van der Waals surface area (Å²) in [5.41, 5.74) is 5.56. The number of likely N-dealkylation sites (tertiary alicyclic amines) is 1. The maximum Gasteiger partial charge on any atom is 0.391 e. The fourth-order valence-electron chi connectivity index (χ4n) is 3.02. The molecule has 0 aromatic heterocycles. The third kappa shape index (κ3) is 6.24. The van der Waals surface area contributed by atoms with E-state index in [1.165, 1.54) is 0 Å². The molecule has 1 rings (SSSR count). The van der Waals surface area contributed by atoms with Crippen molar-refractivity contribution in [1.82, 2.24) is 4.90 Å². The van der Waals surface area contributed by atoms with Crippen LogP contribution < -0.4 is 5.73 Å². The van der Waals surface area contributed by atoms with Gasteiger partial charge in [0.25, 0.3) is 0 Å². The first-order valence-corrected chi connectivity index (χ1v) is 7.93. The number of amides is 1. The lowest BCUT2D eigenvalue weighted by atomic mass is 9.93. The molecule has 0 aromatic carbocycles.